The Morgan fingerprint density at radius 2 is 2.00 bits per heavy atom. The molecule has 1 unspecified atom stereocenters. The summed E-state index contributed by atoms with van der Waals surface area (Å²) in [7, 11) is 0. The fraction of sp³-hybridized carbons (Fsp3) is 1.00. The summed E-state index contributed by atoms with van der Waals surface area (Å²) in [6.07, 6.45) is 4.99. The van der Waals surface area contributed by atoms with Crippen LogP contribution in [-0.4, -0.2) is 23.6 Å². The average Bonchev–Trinajstić information content (AvgIpc) is 2.81. The van der Waals surface area contributed by atoms with E-state index in [0.29, 0.717) is 16.2 Å². The summed E-state index contributed by atoms with van der Waals surface area (Å²) >= 11 is 1.94. The van der Waals surface area contributed by atoms with Crippen molar-refractivity contribution in [2.24, 2.45) is 5.41 Å². The summed E-state index contributed by atoms with van der Waals surface area (Å²) in [6.45, 7) is 10.4. The Kier molecular flexibility index (Phi) is 3.34. The smallest absolute Gasteiger partial charge is 0.0225 e. The van der Waals surface area contributed by atoms with Gasteiger partial charge in [0.15, 0.2) is 0 Å². The molecule has 1 aliphatic carbocycles. The van der Waals surface area contributed by atoms with Gasteiger partial charge in [0.05, 0.1) is 0 Å². The predicted molar refractivity (Wildman–Crippen MR) is 62.4 cm³/mol. The Morgan fingerprint density at radius 3 is 2.38 bits per heavy atom. The fourth-order valence-electron chi connectivity index (χ4n) is 1.35. The molecule has 0 aliphatic heterocycles. The van der Waals surface area contributed by atoms with Crippen LogP contribution in [0.1, 0.15) is 40.5 Å². The normalized spacial score (nSPS) is 22.8. The fourth-order valence-corrected chi connectivity index (χ4v) is 1.58. The molecule has 0 aromatic heterocycles. The first-order valence-electron chi connectivity index (χ1n) is 5.18. The summed E-state index contributed by atoms with van der Waals surface area (Å²) in [6, 6.07) is 0.680. The molecule has 2 heteroatoms. The maximum absolute atomic E-state index is 3.66. The Bertz CT molecular complexity index is 173. The standard InChI is InChI=1S/C11H23NS/c1-9(11(4)6-7-11)12-8-10(2,3)13-5/h9,12H,6-8H2,1-5H3. The molecule has 13 heavy (non-hydrogen) atoms. The van der Waals surface area contributed by atoms with E-state index in [1.54, 1.807) is 0 Å². The third-order valence-electron chi connectivity index (χ3n) is 3.47. The molecule has 1 aliphatic rings. The summed E-state index contributed by atoms with van der Waals surface area (Å²) in [5.74, 6) is 0. The van der Waals surface area contributed by atoms with Crippen molar-refractivity contribution in [2.45, 2.75) is 51.3 Å². The zero-order valence-corrected chi connectivity index (χ0v) is 10.4. The van der Waals surface area contributed by atoms with E-state index >= 15 is 0 Å². The maximum atomic E-state index is 3.66. The first-order valence-corrected chi connectivity index (χ1v) is 6.41. The molecular weight excluding hydrogens is 178 g/mol. The molecule has 0 radical (unpaired) electrons. The van der Waals surface area contributed by atoms with Crippen LogP contribution < -0.4 is 5.32 Å². The van der Waals surface area contributed by atoms with Crippen LogP contribution in [0.5, 0.6) is 0 Å². The van der Waals surface area contributed by atoms with E-state index in [-0.39, 0.29) is 0 Å². The lowest BCUT2D eigenvalue weighted by Gasteiger charge is -2.28. The highest BCUT2D eigenvalue weighted by Gasteiger charge is 2.42. The number of nitrogens with one attached hydrogen (secondary N) is 1. The van der Waals surface area contributed by atoms with Crippen LogP contribution in [0.15, 0.2) is 0 Å². The Morgan fingerprint density at radius 1 is 1.46 bits per heavy atom. The van der Waals surface area contributed by atoms with Crippen LogP contribution in [-0.2, 0) is 0 Å². The molecule has 1 saturated carbocycles. The molecule has 0 spiro atoms. The second kappa shape index (κ2) is 3.82. The first-order chi connectivity index (χ1) is 5.90. The molecule has 0 amide bonds. The SMILES string of the molecule is CSC(C)(C)CNC(C)C1(C)CC1. The summed E-state index contributed by atoms with van der Waals surface area (Å²) in [4.78, 5) is 0. The molecule has 1 N–H and O–H groups in total. The van der Waals surface area contributed by atoms with Gasteiger partial charge in [-0.05, 0) is 45.3 Å². The van der Waals surface area contributed by atoms with Crippen LogP contribution in [0, 0.1) is 5.41 Å². The van der Waals surface area contributed by atoms with Crippen LogP contribution in [0.4, 0.5) is 0 Å². The van der Waals surface area contributed by atoms with Crippen molar-refractivity contribution in [3.05, 3.63) is 0 Å². The topological polar surface area (TPSA) is 12.0 Å². The van der Waals surface area contributed by atoms with Gasteiger partial charge in [0.1, 0.15) is 0 Å². The highest BCUT2D eigenvalue weighted by Crippen LogP contribution is 2.48. The van der Waals surface area contributed by atoms with Gasteiger partial charge >= 0.3 is 0 Å². The lowest BCUT2D eigenvalue weighted by Crippen LogP contribution is -2.41. The second-order valence-electron chi connectivity index (χ2n) is 5.22. The van der Waals surface area contributed by atoms with Gasteiger partial charge in [-0.2, -0.15) is 11.8 Å². The quantitative estimate of drug-likeness (QED) is 0.734. The van der Waals surface area contributed by atoms with E-state index in [0.717, 1.165) is 6.54 Å². The number of hydrogen-bond acceptors (Lipinski definition) is 2. The van der Waals surface area contributed by atoms with Gasteiger partial charge in [-0.15, -0.1) is 0 Å². The van der Waals surface area contributed by atoms with Crippen LogP contribution in [0.2, 0.25) is 0 Å². The lowest BCUT2D eigenvalue weighted by molar-refractivity contribution is 0.370. The molecule has 0 heterocycles. The van der Waals surface area contributed by atoms with E-state index in [4.69, 9.17) is 0 Å². The third-order valence-corrected chi connectivity index (χ3v) is 4.72. The van der Waals surface area contributed by atoms with E-state index in [2.05, 4.69) is 39.3 Å². The van der Waals surface area contributed by atoms with Gasteiger partial charge in [0.2, 0.25) is 0 Å². The van der Waals surface area contributed by atoms with Crippen molar-refractivity contribution >= 4 is 11.8 Å². The average molecular weight is 201 g/mol. The molecule has 0 saturated heterocycles. The van der Waals surface area contributed by atoms with Gasteiger partial charge in [-0.25, -0.2) is 0 Å². The predicted octanol–water partition coefficient (Wildman–Crippen LogP) is 2.91. The number of rotatable bonds is 5. The minimum Gasteiger partial charge on any atom is -0.312 e. The highest BCUT2D eigenvalue weighted by atomic mass is 32.2. The minimum absolute atomic E-state index is 0.375. The number of thioether (sulfide) groups is 1. The van der Waals surface area contributed by atoms with Crippen LogP contribution in [0.25, 0.3) is 0 Å². The summed E-state index contributed by atoms with van der Waals surface area (Å²) in [5.41, 5.74) is 0.606. The Hall–Kier alpha value is 0.310. The number of hydrogen-bond donors (Lipinski definition) is 1. The lowest BCUT2D eigenvalue weighted by atomic mass is 10.0. The van der Waals surface area contributed by atoms with Crippen molar-refractivity contribution in [3.63, 3.8) is 0 Å². The van der Waals surface area contributed by atoms with E-state index < -0.39 is 0 Å². The molecular formula is C11H23NS. The zero-order chi connectivity index (χ0) is 10.1. The van der Waals surface area contributed by atoms with Crippen molar-refractivity contribution in [3.8, 4) is 0 Å². The van der Waals surface area contributed by atoms with Crippen molar-refractivity contribution in [1.29, 1.82) is 0 Å². The van der Waals surface area contributed by atoms with Gasteiger partial charge in [-0.3, -0.25) is 0 Å². The van der Waals surface area contributed by atoms with Crippen molar-refractivity contribution in [2.75, 3.05) is 12.8 Å². The highest BCUT2D eigenvalue weighted by molar-refractivity contribution is 7.99. The summed E-state index contributed by atoms with van der Waals surface area (Å²) in [5, 5.41) is 3.66. The Balaban J connectivity index is 2.26. The second-order valence-corrected chi connectivity index (χ2v) is 6.73. The van der Waals surface area contributed by atoms with E-state index in [9.17, 15) is 0 Å². The van der Waals surface area contributed by atoms with Crippen LogP contribution in [0.3, 0.4) is 0 Å². The van der Waals surface area contributed by atoms with Gasteiger partial charge in [0, 0.05) is 17.3 Å². The monoisotopic (exact) mass is 201 g/mol. The maximum Gasteiger partial charge on any atom is 0.0225 e. The molecule has 0 bridgehead atoms. The molecule has 1 atom stereocenters. The molecule has 1 rings (SSSR count). The van der Waals surface area contributed by atoms with Gasteiger partial charge < -0.3 is 5.32 Å². The third kappa shape index (κ3) is 3.17. The zero-order valence-electron chi connectivity index (χ0n) is 9.61. The van der Waals surface area contributed by atoms with E-state index in [1.165, 1.54) is 12.8 Å². The summed E-state index contributed by atoms with van der Waals surface area (Å²) < 4.78 is 0.375. The van der Waals surface area contributed by atoms with Crippen molar-refractivity contribution < 1.29 is 0 Å². The van der Waals surface area contributed by atoms with Gasteiger partial charge in [-0.1, -0.05) is 6.92 Å². The molecule has 78 valence electrons. The molecule has 0 aromatic rings. The largest absolute Gasteiger partial charge is 0.312 e. The molecule has 0 aromatic carbocycles. The molecule has 1 fully saturated rings. The van der Waals surface area contributed by atoms with E-state index in [1.807, 2.05) is 11.8 Å². The van der Waals surface area contributed by atoms with Crippen molar-refractivity contribution in [1.82, 2.24) is 5.32 Å². The Labute approximate surface area is 87.1 Å². The molecule has 1 nitrogen and oxygen atoms in total. The minimum atomic E-state index is 0.375. The van der Waals surface area contributed by atoms with Crippen LogP contribution >= 0.6 is 11.8 Å². The van der Waals surface area contributed by atoms with Gasteiger partial charge in [0.25, 0.3) is 0 Å². The first kappa shape index (κ1) is 11.4.